The van der Waals surface area contributed by atoms with E-state index in [0.29, 0.717) is 6.42 Å². The molecular weight excluding hydrogens is 751 g/mol. The topological polar surface area (TPSA) is 102 Å². The number of aliphatic carboxylic acids is 1. The van der Waals surface area contributed by atoms with Crippen LogP contribution in [0, 0.1) is 0 Å². The van der Waals surface area contributed by atoms with Gasteiger partial charge in [0.05, 0.1) is 40.3 Å². The lowest BCUT2D eigenvalue weighted by Gasteiger charge is -2.34. The number of carboxylic acid groups (broad SMARTS) is 1. The van der Waals surface area contributed by atoms with Gasteiger partial charge in [0.2, 0.25) is 0 Å². The normalized spacial score (nSPS) is 13.8. The van der Waals surface area contributed by atoms with E-state index >= 15 is 0 Å². The lowest BCUT2D eigenvalue weighted by molar-refractivity contribution is -0.889. The van der Waals surface area contributed by atoms with Crippen molar-refractivity contribution in [2.75, 3.05) is 41.0 Å². The third-order valence-corrected chi connectivity index (χ3v) is 9.78. The number of hydrogen-bond acceptors (Lipinski definition) is 7. The number of esters is 2. The fourth-order valence-corrected chi connectivity index (χ4v) is 6.21. The Labute approximate surface area is 366 Å². The molecule has 60 heavy (non-hydrogen) atoms. The van der Waals surface area contributed by atoms with Gasteiger partial charge >= 0.3 is 11.9 Å². The number of carboxylic acids is 1. The van der Waals surface area contributed by atoms with Gasteiger partial charge in [-0.1, -0.05) is 162 Å². The highest BCUT2D eigenvalue weighted by atomic mass is 16.6. The molecule has 0 aromatic heterocycles. The summed E-state index contributed by atoms with van der Waals surface area (Å²) in [5.74, 6) is -1.79. The predicted octanol–water partition coefficient (Wildman–Crippen LogP) is 11.7. The number of quaternary nitrogens is 1. The minimum atomic E-state index is -1.13. The third-order valence-electron chi connectivity index (χ3n) is 9.78. The van der Waals surface area contributed by atoms with Crippen LogP contribution in [0.15, 0.2) is 97.2 Å². The van der Waals surface area contributed by atoms with Gasteiger partial charge in [0, 0.05) is 19.3 Å². The first-order valence-electron chi connectivity index (χ1n) is 23.3. The zero-order chi connectivity index (χ0) is 44.2. The van der Waals surface area contributed by atoms with Crippen LogP contribution >= 0.6 is 0 Å². The van der Waals surface area contributed by atoms with Crippen LogP contribution < -0.4 is 5.11 Å². The summed E-state index contributed by atoms with van der Waals surface area (Å²) >= 11 is 0. The molecule has 0 spiro atoms. The molecule has 0 fully saturated rings. The van der Waals surface area contributed by atoms with Gasteiger partial charge in [0.15, 0.2) is 6.10 Å². The second-order valence-electron chi connectivity index (χ2n) is 16.3. The van der Waals surface area contributed by atoms with Crippen molar-refractivity contribution in [3.63, 3.8) is 0 Å². The second-order valence-corrected chi connectivity index (χ2v) is 16.3. The average molecular weight is 836 g/mol. The van der Waals surface area contributed by atoms with Gasteiger partial charge in [-0.05, 0) is 77.0 Å². The van der Waals surface area contributed by atoms with E-state index in [9.17, 15) is 19.5 Å². The lowest BCUT2D eigenvalue weighted by Crippen LogP contribution is -2.55. The molecule has 8 nitrogen and oxygen atoms in total. The van der Waals surface area contributed by atoms with E-state index in [2.05, 4.69) is 98.9 Å². The van der Waals surface area contributed by atoms with Crippen molar-refractivity contribution in [3.8, 4) is 0 Å². The number of unbranched alkanes of at least 4 members (excludes halogenated alkanes) is 12. The highest BCUT2D eigenvalue weighted by molar-refractivity contribution is 5.70. The van der Waals surface area contributed by atoms with Crippen LogP contribution in [0.2, 0.25) is 0 Å². The highest BCUT2D eigenvalue weighted by Crippen LogP contribution is 2.13. The van der Waals surface area contributed by atoms with E-state index in [4.69, 9.17) is 14.2 Å². The molecule has 2 unspecified atom stereocenters. The first kappa shape index (κ1) is 56.2. The molecule has 0 amide bonds. The number of likely N-dealkylation sites (N-methyl/N-ethyl adjacent to an activating group) is 1. The maximum Gasteiger partial charge on any atom is 0.306 e. The number of ether oxygens (including phenoxy) is 3. The predicted molar refractivity (Wildman–Crippen MR) is 249 cm³/mol. The first-order chi connectivity index (χ1) is 29.1. The molecule has 0 aliphatic carbocycles. The molecule has 0 aliphatic rings. The number of rotatable bonds is 40. The summed E-state index contributed by atoms with van der Waals surface area (Å²) in [6, 6.07) is -0.737. The Hall–Kier alpha value is -3.75. The molecule has 0 bridgehead atoms. The van der Waals surface area contributed by atoms with Gasteiger partial charge in [-0.2, -0.15) is 0 Å². The number of allylic oxidation sites excluding steroid dienone is 16. The molecule has 2 atom stereocenters. The van der Waals surface area contributed by atoms with Crippen LogP contribution in [0.5, 0.6) is 0 Å². The monoisotopic (exact) mass is 836 g/mol. The van der Waals surface area contributed by atoms with Crippen molar-refractivity contribution in [2.24, 2.45) is 0 Å². The summed E-state index contributed by atoms with van der Waals surface area (Å²) in [7, 11) is 5.38. The zero-order valence-corrected chi connectivity index (χ0v) is 38.6. The molecular formula is C52H85NO7. The Kier molecular flexibility index (Phi) is 39.3. The van der Waals surface area contributed by atoms with Crippen molar-refractivity contribution in [3.05, 3.63) is 97.2 Å². The quantitative estimate of drug-likeness (QED) is 0.0199. The fraction of sp³-hybridized carbons (Fsp3) is 0.635. The van der Waals surface area contributed by atoms with E-state index in [1.165, 1.54) is 19.3 Å². The van der Waals surface area contributed by atoms with Gasteiger partial charge in [-0.25, -0.2) is 0 Å². The molecule has 0 rings (SSSR count). The van der Waals surface area contributed by atoms with Gasteiger partial charge in [0.1, 0.15) is 12.6 Å². The zero-order valence-electron chi connectivity index (χ0n) is 38.6. The van der Waals surface area contributed by atoms with Crippen LogP contribution in [0.4, 0.5) is 0 Å². The maximum absolute atomic E-state index is 12.7. The minimum Gasteiger partial charge on any atom is -0.544 e. The SMILES string of the molecule is CC/C=C/C=C/C=C/CCCCCCCC(=O)OC(COCCC(C(=O)[O-])[N+](C)(C)C)COC(=O)CCCCCCCCC/C=C/C/C=C/C/C=C/C/C=C/C/C=C/CC. The Balaban J connectivity index is 4.31. The molecule has 0 aliphatic heterocycles. The highest BCUT2D eigenvalue weighted by Gasteiger charge is 2.25. The Morgan fingerprint density at radius 3 is 1.48 bits per heavy atom. The molecule has 0 heterocycles. The maximum atomic E-state index is 12.7. The molecule has 0 saturated heterocycles. The van der Waals surface area contributed by atoms with E-state index in [1.807, 2.05) is 12.2 Å². The third kappa shape index (κ3) is 39.7. The largest absolute Gasteiger partial charge is 0.544 e. The minimum absolute atomic E-state index is 0.0224. The smallest absolute Gasteiger partial charge is 0.306 e. The van der Waals surface area contributed by atoms with Crippen LogP contribution in [-0.4, -0.2) is 75.5 Å². The molecule has 0 N–H and O–H groups in total. The average Bonchev–Trinajstić information content (AvgIpc) is 3.21. The van der Waals surface area contributed by atoms with Crippen LogP contribution in [0.1, 0.15) is 162 Å². The summed E-state index contributed by atoms with van der Waals surface area (Å²) in [5.41, 5.74) is 0. The van der Waals surface area contributed by atoms with Crippen molar-refractivity contribution in [1.29, 1.82) is 0 Å². The molecule has 0 saturated carbocycles. The van der Waals surface area contributed by atoms with E-state index in [1.54, 1.807) is 21.1 Å². The van der Waals surface area contributed by atoms with Crippen molar-refractivity contribution in [1.82, 2.24) is 0 Å². The number of carbonyl (C=O) groups is 3. The van der Waals surface area contributed by atoms with Crippen molar-refractivity contribution >= 4 is 17.9 Å². The van der Waals surface area contributed by atoms with E-state index < -0.39 is 18.1 Å². The van der Waals surface area contributed by atoms with Gasteiger partial charge in [0.25, 0.3) is 0 Å². The molecule has 0 aromatic carbocycles. The lowest BCUT2D eigenvalue weighted by atomic mass is 10.1. The summed E-state index contributed by atoms with van der Waals surface area (Å²) in [5, 5.41) is 11.6. The molecule has 340 valence electrons. The van der Waals surface area contributed by atoms with Gasteiger partial charge in [-0.15, -0.1) is 0 Å². The number of hydrogen-bond donors (Lipinski definition) is 0. The first-order valence-corrected chi connectivity index (χ1v) is 23.3. The Morgan fingerprint density at radius 1 is 0.517 bits per heavy atom. The number of carbonyl (C=O) groups excluding carboxylic acids is 3. The van der Waals surface area contributed by atoms with Gasteiger partial charge in [-0.3, -0.25) is 9.59 Å². The van der Waals surface area contributed by atoms with E-state index in [0.717, 1.165) is 109 Å². The summed E-state index contributed by atoms with van der Waals surface area (Å²) in [6.45, 7) is 4.36. The van der Waals surface area contributed by atoms with Crippen molar-refractivity contribution in [2.45, 2.75) is 174 Å². The van der Waals surface area contributed by atoms with Gasteiger partial charge < -0.3 is 28.6 Å². The molecule has 0 radical (unpaired) electrons. The molecule has 8 heteroatoms. The van der Waals surface area contributed by atoms with Crippen LogP contribution in [0.3, 0.4) is 0 Å². The fourth-order valence-electron chi connectivity index (χ4n) is 6.21. The summed E-state index contributed by atoms with van der Waals surface area (Å²) < 4.78 is 17.1. The standard InChI is InChI=1S/C52H85NO7/c1-6-8-10-12-14-16-18-20-21-22-23-24-25-26-27-28-29-31-32-34-36-38-40-42-50(54)59-47-48(46-58-45-44-49(52(56)57)53(3,4)5)60-51(55)43-41-39-37-35-33-30-19-17-15-13-11-9-7-2/h8-11,13-17,19-21,23-24,26-27,48-49H,6-7,12,18,22,25,28-47H2,1-5H3/b10-8+,11-9+,15-13+,16-14+,19-17+,21-20+,24-23+,27-26+. The van der Waals surface area contributed by atoms with Crippen molar-refractivity contribution < 1.29 is 38.2 Å². The van der Waals surface area contributed by atoms with Crippen LogP contribution in [0.25, 0.3) is 0 Å². The molecule has 0 aromatic rings. The van der Waals surface area contributed by atoms with Crippen LogP contribution in [-0.2, 0) is 28.6 Å². The second kappa shape index (κ2) is 42.0. The Morgan fingerprint density at radius 2 is 0.967 bits per heavy atom. The summed E-state index contributed by atoms with van der Waals surface area (Å²) in [6.07, 6.45) is 55.8. The summed E-state index contributed by atoms with van der Waals surface area (Å²) in [4.78, 5) is 36.9. The van der Waals surface area contributed by atoms with E-state index in [-0.39, 0.29) is 49.1 Å². The Bertz CT molecular complexity index is 1300. The number of nitrogens with zero attached hydrogens (tertiary/aromatic N) is 1.